The van der Waals surface area contributed by atoms with Gasteiger partial charge in [0.15, 0.2) is 0 Å². The normalized spacial score (nSPS) is 30.2. The van der Waals surface area contributed by atoms with Crippen molar-refractivity contribution in [3.63, 3.8) is 0 Å². The quantitative estimate of drug-likeness (QED) is 0.740. The molecule has 2 saturated heterocycles. The zero-order chi connectivity index (χ0) is 11.8. The van der Waals surface area contributed by atoms with Crippen LogP contribution in [0.25, 0.3) is 0 Å². The summed E-state index contributed by atoms with van der Waals surface area (Å²) in [6.45, 7) is 5.91. The van der Waals surface area contributed by atoms with Crippen molar-refractivity contribution in [3.8, 4) is 0 Å². The Kier molecular flexibility index (Phi) is 3.31. The standard InChI is InChI=1S/C12H19F2NO/c1-9(2)16-8-12-4-3-5-15(12)7-10(6-12)11(13)14/h9H,3-8H2,1-2H3. The van der Waals surface area contributed by atoms with Crippen molar-refractivity contribution in [3.05, 3.63) is 11.7 Å². The van der Waals surface area contributed by atoms with E-state index in [0.29, 0.717) is 25.1 Å². The highest BCUT2D eigenvalue weighted by Crippen LogP contribution is 2.42. The molecule has 2 aliphatic rings. The van der Waals surface area contributed by atoms with Crippen molar-refractivity contribution in [2.75, 3.05) is 19.7 Å². The summed E-state index contributed by atoms with van der Waals surface area (Å²) in [6, 6.07) is 0. The van der Waals surface area contributed by atoms with Gasteiger partial charge < -0.3 is 4.74 Å². The Bertz CT molecular complexity index is 299. The Morgan fingerprint density at radius 2 is 2.25 bits per heavy atom. The number of rotatable bonds is 3. The molecule has 0 aromatic carbocycles. The lowest BCUT2D eigenvalue weighted by Gasteiger charge is -2.31. The average molecular weight is 231 g/mol. The molecule has 2 heterocycles. The molecule has 2 fully saturated rings. The summed E-state index contributed by atoms with van der Waals surface area (Å²) in [5, 5.41) is 0. The molecule has 2 aliphatic heterocycles. The Balaban J connectivity index is 2.09. The molecule has 0 radical (unpaired) electrons. The minimum Gasteiger partial charge on any atom is -0.377 e. The Hall–Kier alpha value is -0.480. The number of fused-ring (bicyclic) bond motifs is 1. The topological polar surface area (TPSA) is 12.5 Å². The number of hydrogen-bond donors (Lipinski definition) is 0. The van der Waals surface area contributed by atoms with Crippen molar-refractivity contribution < 1.29 is 13.5 Å². The Morgan fingerprint density at radius 3 is 2.88 bits per heavy atom. The van der Waals surface area contributed by atoms with Crippen LogP contribution < -0.4 is 0 Å². The van der Waals surface area contributed by atoms with Crippen LogP contribution in [-0.2, 0) is 4.74 Å². The zero-order valence-corrected chi connectivity index (χ0v) is 9.93. The molecule has 92 valence electrons. The van der Waals surface area contributed by atoms with Crippen molar-refractivity contribution >= 4 is 0 Å². The molecule has 16 heavy (non-hydrogen) atoms. The molecule has 0 aromatic rings. The molecule has 1 unspecified atom stereocenters. The first-order chi connectivity index (χ1) is 7.53. The van der Waals surface area contributed by atoms with E-state index in [-0.39, 0.29) is 11.6 Å². The van der Waals surface area contributed by atoms with Gasteiger partial charge in [-0.2, -0.15) is 8.78 Å². The van der Waals surface area contributed by atoms with Crippen LogP contribution in [-0.4, -0.2) is 36.2 Å². The van der Waals surface area contributed by atoms with Crippen LogP contribution in [0, 0.1) is 0 Å². The minimum absolute atomic E-state index is 0.136. The van der Waals surface area contributed by atoms with E-state index < -0.39 is 6.08 Å². The van der Waals surface area contributed by atoms with Crippen molar-refractivity contribution in [1.29, 1.82) is 0 Å². The fourth-order valence-electron chi connectivity index (χ4n) is 2.79. The van der Waals surface area contributed by atoms with Crippen LogP contribution in [0.5, 0.6) is 0 Å². The number of ether oxygens (including phenoxy) is 1. The highest BCUT2D eigenvalue weighted by Gasteiger charge is 2.47. The summed E-state index contributed by atoms with van der Waals surface area (Å²) in [5.41, 5.74) is 0.176. The third-order valence-corrected chi connectivity index (χ3v) is 3.62. The lowest BCUT2D eigenvalue weighted by Crippen LogP contribution is -2.43. The van der Waals surface area contributed by atoms with E-state index in [1.807, 2.05) is 13.8 Å². The molecule has 0 N–H and O–H groups in total. The molecule has 1 atom stereocenters. The van der Waals surface area contributed by atoms with Crippen LogP contribution in [0.15, 0.2) is 11.7 Å². The molecule has 4 heteroatoms. The van der Waals surface area contributed by atoms with Gasteiger partial charge in [-0.25, -0.2) is 0 Å². The van der Waals surface area contributed by atoms with E-state index in [1.54, 1.807) is 0 Å². The summed E-state index contributed by atoms with van der Waals surface area (Å²) in [7, 11) is 0. The van der Waals surface area contributed by atoms with Crippen LogP contribution in [0.2, 0.25) is 0 Å². The molecule has 0 spiro atoms. The van der Waals surface area contributed by atoms with Gasteiger partial charge in [-0.3, -0.25) is 4.90 Å². The summed E-state index contributed by atoms with van der Waals surface area (Å²) in [6.07, 6.45) is 1.25. The predicted octanol–water partition coefficient (Wildman–Crippen LogP) is 2.80. The maximum Gasteiger partial charge on any atom is 0.270 e. The van der Waals surface area contributed by atoms with E-state index in [4.69, 9.17) is 4.74 Å². The average Bonchev–Trinajstić information content (AvgIpc) is 2.70. The number of hydrogen-bond acceptors (Lipinski definition) is 2. The Labute approximate surface area is 95.3 Å². The highest BCUT2D eigenvalue weighted by atomic mass is 19.3. The number of halogens is 2. The van der Waals surface area contributed by atoms with Crippen LogP contribution in [0.1, 0.15) is 33.1 Å². The Morgan fingerprint density at radius 1 is 1.50 bits per heavy atom. The van der Waals surface area contributed by atoms with Gasteiger partial charge >= 0.3 is 0 Å². The van der Waals surface area contributed by atoms with Gasteiger partial charge in [0.2, 0.25) is 0 Å². The van der Waals surface area contributed by atoms with Gasteiger partial charge in [0.25, 0.3) is 6.08 Å². The molecule has 2 nitrogen and oxygen atoms in total. The molecule has 0 aromatic heterocycles. The first kappa shape index (κ1) is 12.0. The maximum absolute atomic E-state index is 12.6. The number of nitrogens with zero attached hydrogens (tertiary/aromatic N) is 1. The summed E-state index contributed by atoms with van der Waals surface area (Å²) < 4.78 is 30.9. The van der Waals surface area contributed by atoms with Gasteiger partial charge in [-0.05, 0) is 39.7 Å². The lowest BCUT2D eigenvalue weighted by atomic mass is 9.93. The second kappa shape index (κ2) is 4.41. The first-order valence-corrected chi connectivity index (χ1v) is 5.93. The maximum atomic E-state index is 12.6. The van der Waals surface area contributed by atoms with E-state index in [1.165, 1.54) is 0 Å². The highest BCUT2D eigenvalue weighted by molar-refractivity contribution is 5.21. The predicted molar refractivity (Wildman–Crippen MR) is 58.5 cm³/mol. The van der Waals surface area contributed by atoms with E-state index in [9.17, 15) is 8.78 Å². The van der Waals surface area contributed by atoms with Gasteiger partial charge in [-0.1, -0.05) is 0 Å². The second-order valence-corrected chi connectivity index (χ2v) is 5.15. The van der Waals surface area contributed by atoms with Crippen LogP contribution in [0.3, 0.4) is 0 Å². The molecule has 0 saturated carbocycles. The van der Waals surface area contributed by atoms with Gasteiger partial charge in [0.1, 0.15) is 0 Å². The monoisotopic (exact) mass is 231 g/mol. The molecule has 0 bridgehead atoms. The van der Waals surface area contributed by atoms with Gasteiger partial charge in [0, 0.05) is 17.7 Å². The molecule has 0 aliphatic carbocycles. The van der Waals surface area contributed by atoms with Gasteiger partial charge in [0.05, 0.1) is 12.7 Å². The summed E-state index contributed by atoms with van der Waals surface area (Å²) in [5.74, 6) is 0. The van der Waals surface area contributed by atoms with Gasteiger partial charge in [-0.15, -0.1) is 0 Å². The molecular weight excluding hydrogens is 212 g/mol. The molecule has 0 amide bonds. The van der Waals surface area contributed by atoms with Crippen molar-refractivity contribution in [2.24, 2.45) is 0 Å². The zero-order valence-electron chi connectivity index (χ0n) is 9.93. The fourth-order valence-corrected chi connectivity index (χ4v) is 2.79. The first-order valence-electron chi connectivity index (χ1n) is 5.93. The fraction of sp³-hybridized carbons (Fsp3) is 0.833. The lowest BCUT2D eigenvalue weighted by molar-refractivity contribution is 0.00327. The third-order valence-electron chi connectivity index (χ3n) is 3.62. The van der Waals surface area contributed by atoms with E-state index >= 15 is 0 Å². The SMILES string of the molecule is CC(C)OCC12CCCN1CC(=C(F)F)C2. The summed E-state index contributed by atoms with van der Waals surface area (Å²) in [4.78, 5) is 2.17. The van der Waals surface area contributed by atoms with E-state index in [2.05, 4.69) is 4.90 Å². The van der Waals surface area contributed by atoms with Crippen molar-refractivity contribution in [1.82, 2.24) is 4.90 Å². The summed E-state index contributed by atoms with van der Waals surface area (Å²) >= 11 is 0. The minimum atomic E-state index is -1.49. The molecular formula is C12H19F2NO. The largest absolute Gasteiger partial charge is 0.377 e. The van der Waals surface area contributed by atoms with Crippen molar-refractivity contribution in [2.45, 2.75) is 44.8 Å². The van der Waals surface area contributed by atoms with E-state index in [0.717, 1.165) is 19.4 Å². The van der Waals surface area contributed by atoms with Crippen LogP contribution in [0.4, 0.5) is 8.78 Å². The third kappa shape index (κ3) is 2.13. The van der Waals surface area contributed by atoms with Crippen LogP contribution >= 0.6 is 0 Å². The smallest absolute Gasteiger partial charge is 0.270 e. The second-order valence-electron chi connectivity index (χ2n) is 5.15. The molecule has 2 rings (SSSR count).